The van der Waals surface area contributed by atoms with Crippen molar-refractivity contribution in [1.29, 1.82) is 0 Å². The Labute approximate surface area is 216 Å². The van der Waals surface area contributed by atoms with Gasteiger partial charge in [-0.3, -0.25) is 19.2 Å². The Morgan fingerprint density at radius 2 is 0.529 bits per heavy atom. The number of carbonyl (C=O) groups excluding carboxylic acids is 4. The first-order valence-electron chi connectivity index (χ1n) is 9.58. The predicted octanol–water partition coefficient (Wildman–Crippen LogP) is 5.14. The standard InChI is InChI=1S/4C6H10O2.CH4.Co/c4*1-5(7)4-6(2)8-3;;/h4*4H,1-3H3;1H4;/b4*6-4-;;. The van der Waals surface area contributed by atoms with Gasteiger partial charge in [-0.2, -0.15) is 0 Å². The molecule has 8 nitrogen and oxygen atoms in total. The predicted molar refractivity (Wildman–Crippen MR) is 133 cm³/mol. The normalized spacial score (nSPS) is 10.5. The molecular formula is C25H44CoO8. The van der Waals surface area contributed by atoms with Crippen LogP contribution in [0.15, 0.2) is 47.3 Å². The van der Waals surface area contributed by atoms with Crippen molar-refractivity contribution in [2.45, 2.75) is 62.8 Å². The van der Waals surface area contributed by atoms with Gasteiger partial charge in [0, 0.05) is 41.1 Å². The summed E-state index contributed by atoms with van der Waals surface area (Å²) in [5.41, 5.74) is 0. The molecule has 201 valence electrons. The van der Waals surface area contributed by atoms with Gasteiger partial charge < -0.3 is 18.9 Å². The number of hydrogen-bond acceptors (Lipinski definition) is 8. The van der Waals surface area contributed by atoms with Gasteiger partial charge >= 0.3 is 0 Å². The Kier molecular flexibility index (Phi) is 40.1. The quantitative estimate of drug-likeness (QED) is 0.313. The molecular weight excluding hydrogens is 487 g/mol. The fourth-order valence-corrected chi connectivity index (χ4v) is 1.38. The molecule has 0 spiro atoms. The van der Waals surface area contributed by atoms with Crippen molar-refractivity contribution in [3.63, 3.8) is 0 Å². The largest absolute Gasteiger partial charge is 0.501 e. The van der Waals surface area contributed by atoms with Crippen LogP contribution in [0.3, 0.4) is 0 Å². The summed E-state index contributed by atoms with van der Waals surface area (Å²) >= 11 is 0. The zero-order chi connectivity index (χ0) is 26.3. The molecule has 0 atom stereocenters. The van der Waals surface area contributed by atoms with Gasteiger partial charge in [0.15, 0.2) is 23.1 Å². The van der Waals surface area contributed by atoms with E-state index in [-0.39, 0.29) is 47.3 Å². The van der Waals surface area contributed by atoms with Gasteiger partial charge in [-0.25, -0.2) is 0 Å². The van der Waals surface area contributed by atoms with Crippen LogP contribution in [0, 0.1) is 0 Å². The van der Waals surface area contributed by atoms with E-state index in [0.29, 0.717) is 23.0 Å². The van der Waals surface area contributed by atoms with E-state index in [2.05, 4.69) is 0 Å². The van der Waals surface area contributed by atoms with E-state index >= 15 is 0 Å². The molecule has 0 unspecified atom stereocenters. The molecule has 0 rings (SSSR count). The summed E-state index contributed by atoms with van der Waals surface area (Å²) in [5.74, 6) is 2.67. The third-order valence-corrected chi connectivity index (χ3v) is 2.91. The molecule has 0 fully saturated rings. The summed E-state index contributed by atoms with van der Waals surface area (Å²) in [4.78, 5) is 41.0. The molecule has 0 aromatic heterocycles. The van der Waals surface area contributed by atoms with Crippen LogP contribution >= 0.6 is 0 Å². The maximum Gasteiger partial charge on any atom is 0.155 e. The van der Waals surface area contributed by atoms with E-state index < -0.39 is 0 Å². The Morgan fingerprint density at radius 1 is 0.412 bits per heavy atom. The molecule has 0 aliphatic carbocycles. The maximum atomic E-state index is 10.3. The summed E-state index contributed by atoms with van der Waals surface area (Å²) in [6, 6.07) is 0. The molecule has 9 heteroatoms. The van der Waals surface area contributed by atoms with Crippen LogP contribution in [0.4, 0.5) is 0 Å². The van der Waals surface area contributed by atoms with Gasteiger partial charge in [0.25, 0.3) is 0 Å². The van der Waals surface area contributed by atoms with Crippen LogP contribution in [0.2, 0.25) is 0 Å². The third-order valence-electron chi connectivity index (χ3n) is 2.91. The van der Waals surface area contributed by atoms with Crippen molar-refractivity contribution in [1.82, 2.24) is 0 Å². The number of ether oxygens (including phenoxy) is 4. The first-order valence-corrected chi connectivity index (χ1v) is 9.58. The summed E-state index contributed by atoms with van der Waals surface area (Å²) in [5, 5.41) is 0. The van der Waals surface area contributed by atoms with Gasteiger partial charge in [0.2, 0.25) is 0 Å². The van der Waals surface area contributed by atoms with Crippen molar-refractivity contribution >= 4 is 23.1 Å². The molecule has 0 aliphatic heterocycles. The fraction of sp³-hybridized carbons (Fsp3) is 0.520. The van der Waals surface area contributed by atoms with Crippen molar-refractivity contribution in [2.24, 2.45) is 0 Å². The van der Waals surface area contributed by atoms with Crippen LogP contribution in [0.1, 0.15) is 62.8 Å². The van der Waals surface area contributed by atoms with Crippen molar-refractivity contribution < 1.29 is 54.9 Å². The summed E-state index contributed by atoms with van der Waals surface area (Å²) in [7, 11) is 6.15. The van der Waals surface area contributed by atoms with E-state index in [9.17, 15) is 19.2 Å². The average Bonchev–Trinajstić information content (AvgIpc) is 2.67. The van der Waals surface area contributed by atoms with Crippen molar-refractivity contribution in [2.75, 3.05) is 28.4 Å². The van der Waals surface area contributed by atoms with Crippen molar-refractivity contribution in [3.05, 3.63) is 47.3 Å². The molecule has 0 bridgehead atoms. The van der Waals surface area contributed by atoms with Crippen molar-refractivity contribution in [3.8, 4) is 0 Å². The molecule has 0 aliphatic rings. The number of ketones is 4. The van der Waals surface area contributed by atoms with E-state index in [1.807, 2.05) is 0 Å². The Hall–Kier alpha value is -2.65. The third kappa shape index (κ3) is 51.7. The first-order chi connectivity index (χ1) is 14.7. The number of hydrogen-bond donors (Lipinski definition) is 0. The second-order valence-corrected chi connectivity index (χ2v) is 6.28. The molecule has 34 heavy (non-hydrogen) atoms. The Balaban J connectivity index is -0.0000000754. The van der Waals surface area contributed by atoms with Crippen LogP contribution in [-0.4, -0.2) is 51.6 Å². The average molecular weight is 532 g/mol. The smallest absolute Gasteiger partial charge is 0.155 e. The van der Waals surface area contributed by atoms with E-state index in [1.165, 1.54) is 80.4 Å². The van der Waals surface area contributed by atoms with Gasteiger partial charge in [-0.05, 0) is 55.4 Å². The SMILES string of the molecule is C.CO/C(C)=C\C(C)=O.CO/C(C)=C\C(C)=O.CO/C(C)=C\C(C)=O.CO/C(C)=C\C(C)=O.[Co]. The molecule has 0 aromatic carbocycles. The van der Waals surface area contributed by atoms with Gasteiger partial charge in [0.05, 0.1) is 51.5 Å². The van der Waals surface area contributed by atoms with Gasteiger partial charge in [0.1, 0.15) is 0 Å². The first kappa shape index (κ1) is 44.9. The number of rotatable bonds is 8. The Bertz CT molecular complexity index is 582. The molecule has 0 saturated heterocycles. The van der Waals surface area contributed by atoms with Crippen LogP contribution in [0.5, 0.6) is 0 Å². The van der Waals surface area contributed by atoms with E-state index in [1.54, 1.807) is 27.7 Å². The number of allylic oxidation sites excluding steroid dienone is 8. The summed E-state index contributed by atoms with van der Waals surface area (Å²) in [6.07, 6.45) is 5.78. The number of carbonyl (C=O) groups is 4. The zero-order valence-corrected chi connectivity index (χ0v) is 22.9. The molecule has 0 N–H and O–H groups in total. The molecule has 0 heterocycles. The van der Waals surface area contributed by atoms with Gasteiger partial charge in [-0.1, -0.05) is 7.43 Å². The maximum absolute atomic E-state index is 10.3. The monoisotopic (exact) mass is 531 g/mol. The molecule has 0 aromatic rings. The van der Waals surface area contributed by atoms with Crippen LogP contribution < -0.4 is 0 Å². The molecule has 1 radical (unpaired) electrons. The minimum atomic E-state index is 0. The molecule has 0 saturated carbocycles. The second kappa shape index (κ2) is 30.3. The van der Waals surface area contributed by atoms with Crippen LogP contribution in [0.25, 0.3) is 0 Å². The number of methoxy groups -OCH3 is 4. The van der Waals surface area contributed by atoms with E-state index in [4.69, 9.17) is 18.9 Å². The minimum absolute atomic E-state index is 0. The topological polar surface area (TPSA) is 105 Å². The summed E-state index contributed by atoms with van der Waals surface area (Å²) < 4.78 is 18.8. The fourth-order valence-electron chi connectivity index (χ4n) is 1.38. The molecule has 0 amide bonds. The van der Waals surface area contributed by atoms with Gasteiger partial charge in [-0.15, -0.1) is 0 Å². The van der Waals surface area contributed by atoms with E-state index in [0.717, 1.165) is 0 Å². The zero-order valence-electron chi connectivity index (χ0n) is 21.9. The van der Waals surface area contributed by atoms with Crippen LogP contribution in [-0.2, 0) is 54.9 Å². The second-order valence-electron chi connectivity index (χ2n) is 6.28. The minimum Gasteiger partial charge on any atom is -0.501 e. The summed E-state index contributed by atoms with van der Waals surface area (Å²) in [6.45, 7) is 12.9. The Morgan fingerprint density at radius 3 is 0.559 bits per heavy atom.